The molecule has 0 aliphatic heterocycles. The predicted molar refractivity (Wildman–Crippen MR) is 91.9 cm³/mol. The molecule has 1 atom stereocenters. The standard InChI is InChI=1S/C16H20N4O2.ClH/c1-16(2,3)14(17)15(21)20-11-5-4-6-12(9-11)22-13-10-18-7-8-19-13;/h4-10,14H,17H2,1-3H3,(H,20,21);1H/t14-;/m1./s1. The average molecular weight is 337 g/mol. The predicted octanol–water partition coefficient (Wildman–Crippen LogP) is 3.00. The first-order valence-corrected chi connectivity index (χ1v) is 6.96. The summed E-state index contributed by atoms with van der Waals surface area (Å²) in [6.07, 6.45) is 4.63. The molecule has 1 aromatic heterocycles. The Morgan fingerprint density at radius 3 is 2.65 bits per heavy atom. The number of rotatable bonds is 4. The Morgan fingerprint density at radius 1 is 1.30 bits per heavy atom. The molecule has 7 heteroatoms. The molecule has 6 nitrogen and oxygen atoms in total. The van der Waals surface area contributed by atoms with Crippen molar-refractivity contribution in [1.29, 1.82) is 0 Å². The second kappa shape index (κ2) is 7.89. The van der Waals surface area contributed by atoms with Gasteiger partial charge < -0.3 is 15.8 Å². The van der Waals surface area contributed by atoms with E-state index in [-0.39, 0.29) is 23.7 Å². The number of hydrogen-bond donors (Lipinski definition) is 2. The summed E-state index contributed by atoms with van der Waals surface area (Å²) in [7, 11) is 0. The van der Waals surface area contributed by atoms with E-state index >= 15 is 0 Å². The molecule has 0 radical (unpaired) electrons. The molecule has 124 valence electrons. The van der Waals surface area contributed by atoms with E-state index in [9.17, 15) is 4.79 Å². The quantitative estimate of drug-likeness (QED) is 0.895. The topological polar surface area (TPSA) is 90.1 Å². The summed E-state index contributed by atoms with van der Waals surface area (Å²) in [5.41, 5.74) is 6.25. The highest BCUT2D eigenvalue weighted by Gasteiger charge is 2.27. The van der Waals surface area contributed by atoms with E-state index in [0.29, 0.717) is 17.3 Å². The fraction of sp³-hybridized carbons (Fsp3) is 0.312. The van der Waals surface area contributed by atoms with Crippen LogP contribution in [0.25, 0.3) is 0 Å². The Morgan fingerprint density at radius 2 is 2.04 bits per heavy atom. The zero-order chi connectivity index (χ0) is 16.2. The van der Waals surface area contributed by atoms with Gasteiger partial charge in [0.15, 0.2) is 0 Å². The summed E-state index contributed by atoms with van der Waals surface area (Å²) in [6.45, 7) is 5.76. The van der Waals surface area contributed by atoms with Crippen LogP contribution in [0.2, 0.25) is 0 Å². The number of ether oxygens (including phenoxy) is 1. The van der Waals surface area contributed by atoms with E-state index < -0.39 is 6.04 Å². The van der Waals surface area contributed by atoms with Gasteiger partial charge in [0.1, 0.15) is 5.75 Å². The monoisotopic (exact) mass is 336 g/mol. The van der Waals surface area contributed by atoms with Gasteiger partial charge in [-0.25, -0.2) is 4.98 Å². The maximum absolute atomic E-state index is 12.1. The van der Waals surface area contributed by atoms with Crippen LogP contribution in [0.1, 0.15) is 20.8 Å². The summed E-state index contributed by atoms with van der Waals surface area (Å²) in [6, 6.07) is 6.44. The zero-order valence-electron chi connectivity index (χ0n) is 13.3. The molecule has 0 unspecified atom stereocenters. The number of aromatic nitrogens is 2. The van der Waals surface area contributed by atoms with Crippen LogP contribution in [-0.4, -0.2) is 21.9 Å². The molecule has 23 heavy (non-hydrogen) atoms. The number of nitrogens with one attached hydrogen (secondary N) is 1. The fourth-order valence-corrected chi connectivity index (χ4v) is 1.71. The Labute approximate surface area is 141 Å². The van der Waals surface area contributed by atoms with Gasteiger partial charge in [-0.3, -0.25) is 9.78 Å². The fourth-order valence-electron chi connectivity index (χ4n) is 1.71. The van der Waals surface area contributed by atoms with Crippen molar-refractivity contribution in [3.05, 3.63) is 42.9 Å². The summed E-state index contributed by atoms with van der Waals surface area (Å²) in [5.74, 6) is 0.712. The second-order valence-electron chi connectivity index (χ2n) is 6.01. The van der Waals surface area contributed by atoms with E-state index in [4.69, 9.17) is 10.5 Å². The van der Waals surface area contributed by atoms with Gasteiger partial charge in [0, 0.05) is 24.1 Å². The number of amides is 1. The number of nitrogens with zero attached hydrogens (tertiary/aromatic N) is 2. The molecule has 3 N–H and O–H groups in total. The number of carbonyl (C=O) groups excluding carboxylic acids is 1. The molecular weight excluding hydrogens is 316 g/mol. The van der Waals surface area contributed by atoms with Crippen LogP contribution >= 0.6 is 12.4 Å². The van der Waals surface area contributed by atoms with Crippen molar-refractivity contribution in [1.82, 2.24) is 9.97 Å². The van der Waals surface area contributed by atoms with E-state index in [2.05, 4.69) is 15.3 Å². The Hall–Kier alpha value is -2.18. The number of carbonyl (C=O) groups is 1. The van der Waals surface area contributed by atoms with Gasteiger partial charge in [0.05, 0.1) is 12.2 Å². The van der Waals surface area contributed by atoms with Crippen molar-refractivity contribution in [2.75, 3.05) is 5.32 Å². The Balaban J connectivity index is 0.00000264. The normalized spacial score (nSPS) is 12.0. The number of nitrogens with two attached hydrogens (primary N) is 1. The van der Waals surface area contributed by atoms with E-state index in [0.717, 1.165) is 0 Å². The molecule has 0 spiro atoms. The lowest BCUT2D eigenvalue weighted by molar-refractivity contribution is -0.119. The molecular formula is C16H21ClN4O2. The first kappa shape index (κ1) is 18.9. The van der Waals surface area contributed by atoms with Crippen molar-refractivity contribution < 1.29 is 9.53 Å². The van der Waals surface area contributed by atoms with Gasteiger partial charge in [-0.05, 0) is 17.5 Å². The minimum absolute atomic E-state index is 0. The van der Waals surface area contributed by atoms with Crippen LogP contribution in [0.15, 0.2) is 42.9 Å². The lowest BCUT2D eigenvalue weighted by Crippen LogP contribution is -2.45. The van der Waals surface area contributed by atoms with Gasteiger partial charge in [0.25, 0.3) is 0 Å². The van der Waals surface area contributed by atoms with E-state index in [1.165, 1.54) is 6.20 Å². The molecule has 0 saturated heterocycles. The first-order valence-electron chi connectivity index (χ1n) is 6.96. The average Bonchev–Trinajstić information content (AvgIpc) is 2.47. The molecule has 0 saturated carbocycles. The molecule has 1 aromatic carbocycles. The number of hydrogen-bond acceptors (Lipinski definition) is 5. The molecule has 0 aliphatic carbocycles. The lowest BCUT2D eigenvalue weighted by atomic mass is 9.87. The van der Waals surface area contributed by atoms with Crippen molar-refractivity contribution >= 4 is 24.0 Å². The highest BCUT2D eigenvalue weighted by molar-refractivity contribution is 5.95. The largest absolute Gasteiger partial charge is 0.437 e. The lowest BCUT2D eigenvalue weighted by Gasteiger charge is -2.25. The van der Waals surface area contributed by atoms with Gasteiger partial charge >= 0.3 is 0 Å². The van der Waals surface area contributed by atoms with Crippen LogP contribution in [0.5, 0.6) is 11.6 Å². The third kappa shape index (κ3) is 5.50. The Bertz CT molecular complexity index is 644. The van der Waals surface area contributed by atoms with Crippen LogP contribution < -0.4 is 15.8 Å². The van der Waals surface area contributed by atoms with Crippen LogP contribution in [0.4, 0.5) is 5.69 Å². The molecule has 1 heterocycles. The minimum atomic E-state index is -0.600. The van der Waals surface area contributed by atoms with Crippen molar-refractivity contribution in [2.45, 2.75) is 26.8 Å². The smallest absolute Gasteiger partial charge is 0.241 e. The maximum Gasteiger partial charge on any atom is 0.241 e. The maximum atomic E-state index is 12.1. The Kier molecular flexibility index (Phi) is 6.48. The van der Waals surface area contributed by atoms with Gasteiger partial charge in [0.2, 0.25) is 11.8 Å². The summed E-state index contributed by atoms with van der Waals surface area (Å²) >= 11 is 0. The number of halogens is 1. The van der Waals surface area contributed by atoms with Crippen LogP contribution in [-0.2, 0) is 4.79 Å². The third-order valence-corrected chi connectivity index (χ3v) is 3.08. The summed E-state index contributed by atoms with van der Waals surface area (Å²) < 4.78 is 5.57. The first-order chi connectivity index (χ1) is 10.4. The minimum Gasteiger partial charge on any atom is -0.437 e. The molecule has 0 fully saturated rings. The zero-order valence-corrected chi connectivity index (χ0v) is 14.1. The van der Waals surface area contributed by atoms with Crippen LogP contribution in [0, 0.1) is 5.41 Å². The van der Waals surface area contributed by atoms with Gasteiger partial charge in [-0.2, -0.15) is 0 Å². The third-order valence-electron chi connectivity index (χ3n) is 3.08. The van der Waals surface area contributed by atoms with E-state index in [1.54, 1.807) is 36.7 Å². The van der Waals surface area contributed by atoms with Crippen molar-refractivity contribution in [3.63, 3.8) is 0 Å². The molecule has 1 amide bonds. The highest BCUT2D eigenvalue weighted by Crippen LogP contribution is 2.23. The molecule has 0 bridgehead atoms. The highest BCUT2D eigenvalue weighted by atomic mass is 35.5. The molecule has 2 rings (SSSR count). The summed E-state index contributed by atoms with van der Waals surface area (Å²) in [5, 5.41) is 2.79. The number of benzene rings is 1. The van der Waals surface area contributed by atoms with Crippen molar-refractivity contribution in [3.8, 4) is 11.6 Å². The second-order valence-corrected chi connectivity index (χ2v) is 6.01. The SMILES string of the molecule is CC(C)(C)[C@H](N)C(=O)Nc1cccc(Oc2cnccn2)c1.Cl. The molecule has 0 aliphatic rings. The van der Waals surface area contributed by atoms with Crippen LogP contribution in [0.3, 0.4) is 0 Å². The van der Waals surface area contributed by atoms with E-state index in [1.807, 2.05) is 20.8 Å². The van der Waals surface area contributed by atoms with Gasteiger partial charge in [-0.15, -0.1) is 12.4 Å². The molecule has 2 aromatic rings. The van der Waals surface area contributed by atoms with Gasteiger partial charge in [-0.1, -0.05) is 26.8 Å². The van der Waals surface area contributed by atoms with Crippen molar-refractivity contribution in [2.24, 2.45) is 11.1 Å². The summed E-state index contributed by atoms with van der Waals surface area (Å²) in [4.78, 5) is 20.1. The number of anilines is 1.